The first-order valence-electron chi connectivity index (χ1n) is 9.92. The molecule has 0 aliphatic carbocycles. The summed E-state index contributed by atoms with van der Waals surface area (Å²) in [5, 5.41) is 3.35. The second-order valence-electron chi connectivity index (χ2n) is 7.30. The van der Waals surface area contributed by atoms with Crippen LogP contribution in [0.5, 0.6) is 0 Å². The molecule has 1 aliphatic rings. The highest BCUT2D eigenvalue weighted by molar-refractivity contribution is 5.77. The van der Waals surface area contributed by atoms with Crippen LogP contribution in [0.1, 0.15) is 11.3 Å². The van der Waals surface area contributed by atoms with E-state index in [1.54, 1.807) is 12.5 Å². The minimum absolute atomic E-state index is 0.115. The molecule has 0 amide bonds. The maximum absolute atomic E-state index is 6.39. The zero-order valence-corrected chi connectivity index (χ0v) is 17.0. The van der Waals surface area contributed by atoms with Crippen molar-refractivity contribution in [3.63, 3.8) is 0 Å². The Morgan fingerprint density at radius 2 is 1.97 bits per heavy atom. The molecule has 30 heavy (non-hydrogen) atoms. The third-order valence-corrected chi connectivity index (χ3v) is 5.16. The largest absolute Gasteiger partial charge is 0.399 e. The van der Waals surface area contributed by atoms with Gasteiger partial charge in [0.1, 0.15) is 18.5 Å². The van der Waals surface area contributed by atoms with E-state index in [4.69, 9.17) is 16.2 Å². The number of nitrogens with one attached hydrogen (secondary N) is 1. The number of morpholine rings is 1. The van der Waals surface area contributed by atoms with E-state index in [0.717, 1.165) is 41.3 Å². The number of nitrogens with zero attached hydrogens (tertiary/aromatic N) is 5. The molecule has 9 heteroatoms. The molecule has 1 atom stereocenters. The van der Waals surface area contributed by atoms with Crippen LogP contribution in [-0.4, -0.2) is 57.3 Å². The van der Waals surface area contributed by atoms with Gasteiger partial charge in [-0.3, -0.25) is 4.90 Å². The second kappa shape index (κ2) is 9.12. The third kappa shape index (κ3) is 4.70. The van der Waals surface area contributed by atoms with Gasteiger partial charge >= 0.3 is 0 Å². The van der Waals surface area contributed by atoms with Gasteiger partial charge in [0, 0.05) is 42.8 Å². The quantitative estimate of drug-likeness (QED) is 0.524. The molecule has 9 nitrogen and oxygen atoms in total. The zero-order chi connectivity index (χ0) is 20.9. The van der Waals surface area contributed by atoms with Gasteiger partial charge in [0.25, 0.3) is 0 Å². The van der Waals surface area contributed by atoms with Crippen molar-refractivity contribution in [3.05, 3.63) is 54.4 Å². The van der Waals surface area contributed by atoms with Crippen molar-refractivity contribution in [2.45, 2.75) is 19.5 Å². The summed E-state index contributed by atoms with van der Waals surface area (Å²) in [6.45, 7) is 5.10. The molecule has 1 aliphatic heterocycles. The van der Waals surface area contributed by atoms with Crippen LogP contribution in [0.25, 0.3) is 11.3 Å². The Morgan fingerprint density at radius 3 is 2.80 bits per heavy atom. The molecular formula is C21H26N8O. The Morgan fingerprint density at radius 1 is 1.13 bits per heavy atom. The molecule has 2 aromatic heterocycles. The molecule has 0 radical (unpaired) electrons. The fraction of sp³-hybridized carbons (Fsp3) is 0.333. The molecule has 3 aromatic rings. The molecule has 1 unspecified atom stereocenters. The van der Waals surface area contributed by atoms with Crippen molar-refractivity contribution >= 4 is 17.2 Å². The summed E-state index contributed by atoms with van der Waals surface area (Å²) in [4.78, 5) is 19.7. The number of ether oxygens (including phenoxy) is 1. The molecule has 1 saturated heterocycles. The Balaban J connectivity index is 1.57. The topological polar surface area (TPSA) is 128 Å². The van der Waals surface area contributed by atoms with Gasteiger partial charge in [-0.05, 0) is 30.7 Å². The zero-order valence-electron chi connectivity index (χ0n) is 17.0. The van der Waals surface area contributed by atoms with Crippen LogP contribution in [0.2, 0.25) is 0 Å². The van der Waals surface area contributed by atoms with Crippen molar-refractivity contribution in [1.29, 1.82) is 0 Å². The monoisotopic (exact) mass is 406 g/mol. The summed E-state index contributed by atoms with van der Waals surface area (Å²) in [5.74, 6) is 0.654. The van der Waals surface area contributed by atoms with Gasteiger partial charge in [0.15, 0.2) is 0 Å². The third-order valence-electron chi connectivity index (χ3n) is 5.16. The van der Waals surface area contributed by atoms with Gasteiger partial charge in [0.2, 0.25) is 0 Å². The molecule has 0 bridgehead atoms. The van der Waals surface area contributed by atoms with Gasteiger partial charge in [-0.2, -0.15) is 0 Å². The van der Waals surface area contributed by atoms with E-state index >= 15 is 0 Å². The lowest BCUT2D eigenvalue weighted by atomic mass is 10.1. The number of aryl methyl sites for hydroxylation is 1. The number of nitrogens with two attached hydrogens (primary N) is 2. The highest BCUT2D eigenvalue weighted by Crippen LogP contribution is 2.28. The summed E-state index contributed by atoms with van der Waals surface area (Å²) < 4.78 is 5.40. The molecule has 4 rings (SSSR count). The summed E-state index contributed by atoms with van der Waals surface area (Å²) in [6, 6.07) is 7.66. The predicted octanol–water partition coefficient (Wildman–Crippen LogP) is 1.73. The van der Waals surface area contributed by atoms with Crippen LogP contribution in [0, 0.1) is 6.92 Å². The van der Waals surface area contributed by atoms with E-state index in [1.807, 2.05) is 31.2 Å². The van der Waals surface area contributed by atoms with Crippen molar-refractivity contribution in [2.75, 3.05) is 37.4 Å². The second-order valence-corrected chi connectivity index (χ2v) is 7.30. The van der Waals surface area contributed by atoms with Gasteiger partial charge in [-0.1, -0.05) is 6.07 Å². The van der Waals surface area contributed by atoms with Crippen LogP contribution in [-0.2, 0) is 11.2 Å². The SMILES string of the molecule is Cc1ccc(N)cc1Nc1ncncc1-c1cc(CC(N)N2CCOCC2)ncn1. The number of anilines is 3. The number of hydrogen-bond acceptors (Lipinski definition) is 9. The maximum atomic E-state index is 6.39. The standard InChI is InChI=1S/C21H26N8O/c1-14-2-3-15(22)8-18(14)28-21-17(11-24-12-27-21)19-9-16(25-13-26-19)10-20(23)29-4-6-30-7-5-29/h2-3,8-9,11-13,20H,4-7,10,22-23H2,1H3,(H,24,27,28). The average molecular weight is 406 g/mol. The lowest BCUT2D eigenvalue weighted by Gasteiger charge is -2.31. The van der Waals surface area contributed by atoms with Gasteiger partial charge < -0.3 is 21.5 Å². The molecule has 1 aromatic carbocycles. The summed E-state index contributed by atoms with van der Waals surface area (Å²) >= 11 is 0. The lowest BCUT2D eigenvalue weighted by Crippen LogP contribution is -2.49. The van der Waals surface area contributed by atoms with E-state index in [0.29, 0.717) is 31.1 Å². The minimum Gasteiger partial charge on any atom is -0.399 e. The molecular weight excluding hydrogens is 380 g/mol. The first-order chi connectivity index (χ1) is 14.6. The van der Waals surface area contributed by atoms with Crippen molar-refractivity contribution in [3.8, 4) is 11.3 Å². The number of rotatable bonds is 6. The van der Waals surface area contributed by atoms with Crippen LogP contribution in [0.3, 0.4) is 0 Å². The molecule has 0 spiro atoms. The highest BCUT2D eigenvalue weighted by atomic mass is 16.5. The number of benzene rings is 1. The van der Waals surface area contributed by atoms with Crippen LogP contribution in [0.15, 0.2) is 43.1 Å². The van der Waals surface area contributed by atoms with Gasteiger partial charge in [0.05, 0.1) is 30.6 Å². The smallest absolute Gasteiger partial charge is 0.143 e. The molecule has 156 valence electrons. The molecule has 0 saturated carbocycles. The van der Waals surface area contributed by atoms with Crippen molar-refractivity contribution in [2.24, 2.45) is 5.73 Å². The van der Waals surface area contributed by atoms with Crippen molar-refractivity contribution in [1.82, 2.24) is 24.8 Å². The number of hydrogen-bond donors (Lipinski definition) is 3. The Hall–Kier alpha value is -3.14. The summed E-state index contributed by atoms with van der Waals surface area (Å²) in [5.41, 5.74) is 17.4. The minimum atomic E-state index is -0.115. The molecule has 3 heterocycles. The van der Waals surface area contributed by atoms with Crippen molar-refractivity contribution < 1.29 is 4.74 Å². The van der Waals surface area contributed by atoms with E-state index in [-0.39, 0.29) is 6.17 Å². The van der Waals surface area contributed by atoms with Gasteiger partial charge in [-0.25, -0.2) is 19.9 Å². The van der Waals surface area contributed by atoms with Crippen LogP contribution < -0.4 is 16.8 Å². The van der Waals surface area contributed by atoms with E-state index in [1.165, 1.54) is 6.33 Å². The maximum Gasteiger partial charge on any atom is 0.143 e. The lowest BCUT2D eigenvalue weighted by molar-refractivity contribution is 0.0177. The molecule has 1 fully saturated rings. The Bertz CT molecular complexity index is 1010. The fourth-order valence-electron chi connectivity index (χ4n) is 3.43. The number of aromatic nitrogens is 4. The Kier molecular flexibility index (Phi) is 6.12. The van der Waals surface area contributed by atoms with Crippen LogP contribution in [0.4, 0.5) is 17.2 Å². The number of nitrogen functional groups attached to an aromatic ring is 1. The predicted molar refractivity (Wildman–Crippen MR) is 116 cm³/mol. The van der Waals surface area contributed by atoms with E-state index in [2.05, 4.69) is 30.2 Å². The first kappa shape index (κ1) is 20.1. The summed E-state index contributed by atoms with van der Waals surface area (Å²) in [6.07, 6.45) is 5.31. The first-order valence-corrected chi connectivity index (χ1v) is 9.92. The van der Waals surface area contributed by atoms with E-state index in [9.17, 15) is 0 Å². The molecule has 5 N–H and O–H groups in total. The fourth-order valence-corrected chi connectivity index (χ4v) is 3.43. The highest BCUT2D eigenvalue weighted by Gasteiger charge is 2.19. The van der Waals surface area contributed by atoms with Gasteiger partial charge in [-0.15, -0.1) is 0 Å². The Labute approximate surface area is 175 Å². The average Bonchev–Trinajstić information content (AvgIpc) is 2.77. The van der Waals surface area contributed by atoms with Crippen LogP contribution >= 0.6 is 0 Å². The van der Waals surface area contributed by atoms with E-state index < -0.39 is 0 Å². The summed E-state index contributed by atoms with van der Waals surface area (Å²) in [7, 11) is 0. The normalized spacial score (nSPS) is 15.7.